The minimum absolute atomic E-state index is 0.000937. The van der Waals surface area contributed by atoms with Gasteiger partial charge in [-0.25, -0.2) is 0 Å². The Balaban J connectivity index is 0.936. The van der Waals surface area contributed by atoms with Crippen LogP contribution in [-0.4, -0.2) is 12.1 Å². The molecule has 0 amide bonds. The zero-order chi connectivity index (χ0) is 38.1. The molecule has 4 aliphatic carbocycles. The third-order valence-electron chi connectivity index (χ3n) is 13.1. The molecule has 274 valence electrons. The van der Waals surface area contributed by atoms with Crippen molar-refractivity contribution in [3.63, 3.8) is 0 Å². The number of fused-ring (bicyclic) bond motifs is 5. The normalized spacial score (nSPS) is 20.2. The van der Waals surface area contributed by atoms with Crippen molar-refractivity contribution in [3.05, 3.63) is 190 Å². The third-order valence-corrected chi connectivity index (χ3v) is 13.1. The molecule has 9 rings (SSSR count). The summed E-state index contributed by atoms with van der Waals surface area (Å²) in [6.45, 7) is 14.1. The summed E-state index contributed by atoms with van der Waals surface area (Å²) in [7, 11) is 0. The van der Waals surface area contributed by atoms with Gasteiger partial charge in [0.15, 0.2) is 0 Å². The van der Waals surface area contributed by atoms with E-state index < -0.39 is 0 Å². The molecule has 3 N–H and O–H groups in total. The highest BCUT2D eigenvalue weighted by atomic mass is 14.9. The van der Waals surface area contributed by atoms with Crippen LogP contribution in [0.2, 0.25) is 0 Å². The number of hydrogen-bond acceptors (Lipinski definition) is 2. The summed E-state index contributed by atoms with van der Waals surface area (Å²) >= 11 is 0. The molecule has 0 aromatic heterocycles. The van der Waals surface area contributed by atoms with E-state index in [9.17, 15) is 0 Å². The molecule has 2 unspecified atom stereocenters. The molecular formula is C53H52N2. The lowest BCUT2D eigenvalue weighted by molar-refractivity contribution is 0.523. The summed E-state index contributed by atoms with van der Waals surface area (Å²) in [5.74, 6) is 0. The molecule has 5 aromatic rings. The van der Waals surface area contributed by atoms with Crippen LogP contribution in [-0.2, 0) is 16.2 Å². The van der Waals surface area contributed by atoms with Crippen LogP contribution >= 0.6 is 0 Å². The summed E-state index contributed by atoms with van der Waals surface area (Å²) in [4.78, 5) is 0. The van der Waals surface area contributed by atoms with Gasteiger partial charge in [0.1, 0.15) is 0 Å². The van der Waals surface area contributed by atoms with Gasteiger partial charge in [-0.2, -0.15) is 0 Å². The number of nitrogens with one attached hydrogen (secondary N) is 1. The molecule has 0 bridgehead atoms. The zero-order valence-electron chi connectivity index (χ0n) is 33.1. The number of benzene rings is 5. The standard InChI is InChI=1S/C53H52N2/c1-51(2,38-13-9-7-10-14-38)39-31-45-44-27-24-37(30-47(44)53(5,6)50(45)49(54)32-39)36-22-19-34(20-23-36)17-18-35-21-26-42-43-28-25-41(55-40-15-11-8-12-16-40)33-48(43)52(3,4)46(42)29-35/h7-15,17-31,33,40,49,55H,16,32,54H2,1-6H3/b18-17+. The molecule has 0 saturated carbocycles. The van der Waals surface area contributed by atoms with Crippen LogP contribution in [0.4, 0.5) is 5.69 Å². The number of nitrogens with two attached hydrogens (primary N) is 1. The lowest BCUT2D eigenvalue weighted by Crippen LogP contribution is -2.37. The largest absolute Gasteiger partial charge is 0.379 e. The Hall–Kier alpha value is -5.44. The Bertz CT molecular complexity index is 2480. The minimum Gasteiger partial charge on any atom is -0.379 e. The van der Waals surface area contributed by atoms with Gasteiger partial charge in [-0.15, -0.1) is 0 Å². The second-order valence-corrected chi connectivity index (χ2v) is 17.6. The highest BCUT2D eigenvalue weighted by molar-refractivity contribution is 5.90. The molecule has 55 heavy (non-hydrogen) atoms. The van der Waals surface area contributed by atoms with E-state index in [0.29, 0.717) is 6.04 Å². The monoisotopic (exact) mass is 716 g/mol. The second-order valence-electron chi connectivity index (χ2n) is 17.6. The smallest absolute Gasteiger partial charge is 0.0482 e. The van der Waals surface area contributed by atoms with Crippen molar-refractivity contribution in [1.82, 2.24) is 0 Å². The molecule has 5 aromatic carbocycles. The van der Waals surface area contributed by atoms with E-state index in [2.05, 4.69) is 199 Å². The van der Waals surface area contributed by atoms with Gasteiger partial charge in [-0.3, -0.25) is 0 Å². The maximum absolute atomic E-state index is 7.06. The lowest BCUT2D eigenvalue weighted by atomic mass is 9.69. The van der Waals surface area contributed by atoms with Crippen molar-refractivity contribution in [2.24, 2.45) is 5.73 Å². The Kier molecular flexibility index (Phi) is 8.40. The average molecular weight is 717 g/mol. The summed E-state index contributed by atoms with van der Waals surface area (Å²) in [5, 5.41) is 3.72. The Labute approximate surface area is 327 Å². The predicted molar refractivity (Wildman–Crippen MR) is 235 cm³/mol. The Morgan fingerprint density at radius 1 is 0.673 bits per heavy atom. The van der Waals surface area contributed by atoms with E-state index in [1.807, 2.05) is 0 Å². The van der Waals surface area contributed by atoms with E-state index in [4.69, 9.17) is 5.73 Å². The van der Waals surface area contributed by atoms with Crippen LogP contribution in [0.1, 0.15) is 93.3 Å². The summed E-state index contributed by atoms with van der Waals surface area (Å²) < 4.78 is 0. The fourth-order valence-corrected chi connectivity index (χ4v) is 9.80. The predicted octanol–water partition coefficient (Wildman–Crippen LogP) is 12.8. The number of rotatable bonds is 7. The quantitative estimate of drug-likeness (QED) is 0.165. The molecule has 0 saturated heterocycles. The highest BCUT2D eigenvalue weighted by Crippen LogP contribution is 2.54. The van der Waals surface area contributed by atoms with Crippen LogP contribution in [0.3, 0.4) is 0 Å². The first-order valence-corrected chi connectivity index (χ1v) is 20.0. The fourth-order valence-electron chi connectivity index (χ4n) is 9.80. The van der Waals surface area contributed by atoms with Crippen molar-refractivity contribution >= 4 is 23.4 Å². The van der Waals surface area contributed by atoms with E-state index in [1.165, 1.54) is 83.6 Å². The van der Waals surface area contributed by atoms with E-state index in [0.717, 1.165) is 12.8 Å². The average Bonchev–Trinajstić information content (AvgIpc) is 3.56. The topological polar surface area (TPSA) is 38.0 Å². The van der Waals surface area contributed by atoms with E-state index in [-0.39, 0.29) is 22.3 Å². The second kappa shape index (κ2) is 13.1. The maximum Gasteiger partial charge on any atom is 0.0482 e. The van der Waals surface area contributed by atoms with Crippen molar-refractivity contribution in [1.29, 1.82) is 0 Å². The first-order chi connectivity index (χ1) is 26.4. The number of allylic oxidation sites excluding steroid dienone is 4. The van der Waals surface area contributed by atoms with Crippen LogP contribution < -0.4 is 11.1 Å². The molecule has 0 radical (unpaired) electrons. The molecular weight excluding hydrogens is 665 g/mol. The first kappa shape index (κ1) is 35.3. The minimum atomic E-state index is -0.128. The van der Waals surface area contributed by atoms with E-state index >= 15 is 0 Å². The zero-order valence-corrected chi connectivity index (χ0v) is 33.1. The van der Waals surface area contributed by atoms with Gasteiger partial charge in [0.25, 0.3) is 0 Å². The van der Waals surface area contributed by atoms with Crippen LogP contribution in [0.5, 0.6) is 0 Å². The van der Waals surface area contributed by atoms with Gasteiger partial charge < -0.3 is 11.1 Å². The van der Waals surface area contributed by atoms with Gasteiger partial charge in [0.2, 0.25) is 0 Å². The van der Waals surface area contributed by atoms with Crippen molar-refractivity contribution in [2.45, 2.75) is 82.7 Å². The summed E-state index contributed by atoms with van der Waals surface area (Å²) in [6, 6.07) is 41.1. The van der Waals surface area contributed by atoms with Crippen LogP contribution in [0, 0.1) is 0 Å². The molecule has 2 nitrogen and oxygen atoms in total. The highest BCUT2D eigenvalue weighted by Gasteiger charge is 2.43. The summed E-state index contributed by atoms with van der Waals surface area (Å²) in [6.07, 6.45) is 17.6. The summed E-state index contributed by atoms with van der Waals surface area (Å²) in [5.41, 5.74) is 26.5. The van der Waals surface area contributed by atoms with Gasteiger partial charge in [-0.05, 0) is 103 Å². The molecule has 2 heteroatoms. The van der Waals surface area contributed by atoms with E-state index in [1.54, 1.807) is 0 Å². The maximum atomic E-state index is 7.06. The Morgan fingerprint density at radius 2 is 1.33 bits per heavy atom. The van der Waals surface area contributed by atoms with Crippen molar-refractivity contribution < 1.29 is 0 Å². The fraction of sp³-hybridized carbons (Fsp3) is 0.245. The molecule has 2 atom stereocenters. The molecule has 0 aliphatic heterocycles. The van der Waals surface area contributed by atoms with Gasteiger partial charge in [-0.1, -0.05) is 181 Å². The van der Waals surface area contributed by atoms with Crippen molar-refractivity contribution in [3.8, 4) is 22.3 Å². The third kappa shape index (κ3) is 5.99. The van der Waals surface area contributed by atoms with Crippen LogP contribution in [0.25, 0.3) is 40.0 Å². The van der Waals surface area contributed by atoms with Crippen molar-refractivity contribution in [2.75, 3.05) is 5.32 Å². The first-order valence-electron chi connectivity index (χ1n) is 20.0. The SMILES string of the molecule is CC(C)(C1=CC2=C(C(N)C1)C(C)(C)c1cc(-c3ccc(/C=C/c4ccc5c(c4)C(C)(C)c4cc(NC6C=CC=CC6)ccc4-5)cc3)ccc12)c1ccccc1. The molecule has 0 spiro atoms. The van der Waals surface area contributed by atoms with Crippen LogP contribution in [0.15, 0.2) is 151 Å². The lowest BCUT2D eigenvalue weighted by Gasteiger charge is -2.37. The molecule has 4 aliphatic rings. The van der Waals surface area contributed by atoms with Gasteiger partial charge in [0, 0.05) is 34.0 Å². The molecule has 0 heterocycles. The number of anilines is 1. The van der Waals surface area contributed by atoms with Gasteiger partial charge in [0.05, 0.1) is 0 Å². The van der Waals surface area contributed by atoms with Gasteiger partial charge >= 0.3 is 0 Å². The Morgan fingerprint density at radius 3 is 2.07 bits per heavy atom. The number of hydrogen-bond donors (Lipinski definition) is 2. The molecule has 0 fully saturated rings.